The molecule has 0 saturated carbocycles. The highest BCUT2D eigenvalue weighted by Gasteiger charge is 2.41. The standard InChI is InChI=1S/C21H27NO3/c1-4-22(5-2)14-15-25-20(23)21(24,18-11-7-6-8-12-18)19-13-9-10-17(3)16-19/h6-13,16,24H,4-5,14-15H2,1-3H3/t21-/m1/s1. The molecule has 0 radical (unpaired) electrons. The second-order valence-electron chi connectivity index (χ2n) is 6.11. The molecule has 1 N–H and O–H groups in total. The van der Waals surface area contributed by atoms with Crippen LogP contribution in [0.4, 0.5) is 0 Å². The van der Waals surface area contributed by atoms with Crippen molar-refractivity contribution in [3.8, 4) is 0 Å². The van der Waals surface area contributed by atoms with Gasteiger partial charge in [0.25, 0.3) is 0 Å². The lowest BCUT2D eigenvalue weighted by molar-refractivity contribution is -0.162. The monoisotopic (exact) mass is 341 g/mol. The summed E-state index contributed by atoms with van der Waals surface area (Å²) in [6.07, 6.45) is 0. The molecule has 4 nitrogen and oxygen atoms in total. The maximum atomic E-state index is 12.8. The van der Waals surface area contributed by atoms with E-state index in [0.717, 1.165) is 18.7 Å². The van der Waals surface area contributed by atoms with E-state index < -0.39 is 11.6 Å². The quantitative estimate of drug-likeness (QED) is 0.750. The lowest BCUT2D eigenvalue weighted by Gasteiger charge is -2.28. The second kappa shape index (κ2) is 8.79. The highest BCUT2D eigenvalue weighted by atomic mass is 16.5. The number of rotatable bonds is 8. The lowest BCUT2D eigenvalue weighted by atomic mass is 9.85. The number of aliphatic hydroxyl groups is 1. The molecular weight excluding hydrogens is 314 g/mol. The predicted octanol–water partition coefficient (Wildman–Crippen LogP) is 3.12. The van der Waals surface area contributed by atoms with E-state index in [0.29, 0.717) is 17.7 Å². The summed E-state index contributed by atoms with van der Waals surface area (Å²) in [5, 5.41) is 11.3. The third-order valence-corrected chi connectivity index (χ3v) is 4.46. The number of hydrogen-bond donors (Lipinski definition) is 1. The molecule has 4 heteroatoms. The fraction of sp³-hybridized carbons (Fsp3) is 0.381. The van der Waals surface area contributed by atoms with Crippen LogP contribution in [0.5, 0.6) is 0 Å². The van der Waals surface area contributed by atoms with E-state index in [9.17, 15) is 9.90 Å². The van der Waals surface area contributed by atoms with E-state index in [2.05, 4.69) is 18.7 Å². The van der Waals surface area contributed by atoms with Crippen molar-refractivity contribution in [1.82, 2.24) is 4.90 Å². The van der Waals surface area contributed by atoms with Crippen LogP contribution in [0.15, 0.2) is 54.6 Å². The number of benzene rings is 2. The fourth-order valence-electron chi connectivity index (χ4n) is 2.86. The zero-order valence-corrected chi connectivity index (χ0v) is 15.2. The number of nitrogens with zero attached hydrogens (tertiary/aromatic N) is 1. The first-order valence-electron chi connectivity index (χ1n) is 8.77. The summed E-state index contributed by atoms with van der Waals surface area (Å²) < 4.78 is 5.46. The Morgan fingerprint density at radius 2 is 1.68 bits per heavy atom. The summed E-state index contributed by atoms with van der Waals surface area (Å²) in [7, 11) is 0. The van der Waals surface area contributed by atoms with Crippen molar-refractivity contribution >= 4 is 5.97 Å². The van der Waals surface area contributed by atoms with Gasteiger partial charge in [0.15, 0.2) is 0 Å². The van der Waals surface area contributed by atoms with Crippen LogP contribution in [0.3, 0.4) is 0 Å². The zero-order chi connectivity index (χ0) is 18.3. The third kappa shape index (κ3) is 4.47. The lowest BCUT2D eigenvalue weighted by Crippen LogP contribution is -2.40. The average molecular weight is 341 g/mol. The molecule has 2 aromatic rings. The van der Waals surface area contributed by atoms with Gasteiger partial charge in [-0.25, -0.2) is 4.79 Å². The molecule has 1 atom stereocenters. The van der Waals surface area contributed by atoms with Crippen molar-refractivity contribution in [3.05, 3.63) is 71.3 Å². The van der Waals surface area contributed by atoms with Crippen LogP contribution in [0, 0.1) is 6.92 Å². The fourth-order valence-corrected chi connectivity index (χ4v) is 2.86. The molecule has 0 fully saturated rings. The number of carbonyl (C=O) groups excluding carboxylic acids is 1. The van der Waals surface area contributed by atoms with Crippen LogP contribution in [0.25, 0.3) is 0 Å². The summed E-state index contributed by atoms with van der Waals surface area (Å²) >= 11 is 0. The minimum Gasteiger partial charge on any atom is -0.462 e. The largest absolute Gasteiger partial charge is 0.462 e. The SMILES string of the molecule is CCN(CC)CCOC(=O)[C@@](O)(c1ccccc1)c1cccc(C)c1. The highest BCUT2D eigenvalue weighted by molar-refractivity contribution is 5.85. The molecular formula is C21H27NO3. The number of likely N-dealkylation sites (N-methyl/N-ethyl adjacent to an activating group) is 1. The van der Waals surface area contributed by atoms with E-state index in [4.69, 9.17) is 4.74 Å². The van der Waals surface area contributed by atoms with Crippen LogP contribution in [-0.4, -0.2) is 42.2 Å². The van der Waals surface area contributed by atoms with Gasteiger partial charge < -0.3 is 14.7 Å². The molecule has 0 aliphatic heterocycles. The van der Waals surface area contributed by atoms with Gasteiger partial charge in [-0.1, -0.05) is 74.0 Å². The molecule has 0 heterocycles. The van der Waals surface area contributed by atoms with Crippen molar-refractivity contribution in [2.24, 2.45) is 0 Å². The van der Waals surface area contributed by atoms with E-state index in [1.807, 2.05) is 31.2 Å². The maximum absolute atomic E-state index is 12.8. The van der Waals surface area contributed by atoms with Crippen molar-refractivity contribution in [2.45, 2.75) is 26.4 Å². The first-order valence-corrected chi connectivity index (χ1v) is 8.77. The van der Waals surface area contributed by atoms with Crippen LogP contribution in [0.1, 0.15) is 30.5 Å². The molecule has 2 rings (SSSR count). The second-order valence-corrected chi connectivity index (χ2v) is 6.11. The molecule has 0 amide bonds. The van der Waals surface area contributed by atoms with Gasteiger partial charge in [0, 0.05) is 6.54 Å². The first kappa shape index (κ1) is 19.2. The van der Waals surface area contributed by atoms with Crippen LogP contribution in [0.2, 0.25) is 0 Å². The minimum atomic E-state index is -1.81. The van der Waals surface area contributed by atoms with Crippen molar-refractivity contribution in [3.63, 3.8) is 0 Å². The van der Waals surface area contributed by atoms with Gasteiger partial charge in [0.2, 0.25) is 5.60 Å². The smallest absolute Gasteiger partial charge is 0.347 e. The van der Waals surface area contributed by atoms with Crippen LogP contribution in [-0.2, 0) is 15.1 Å². The molecule has 2 aromatic carbocycles. The minimum absolute atomic E-state index is 0.251. The zero-order valence-electron chi connectivity index (χ0n) is 15.2. The van der Waals surface area contributed by atoms with Gasteiger partial charge in [-0.2, -0.15) is 0 Å². The van der Waals surface area contributed by atoms with Crippen LogP contribution < -0.4 is 0 Å². The van der Waals surface area contributed by atoms with Gasteiger partial charge in [0.05, 0.1) is 0 Å². The molecule has 25 heavy (non-hydrogen) atoms. The Kier molecular flexibility index (Phi) is 6.73. The molecule has 0 bridgehead atoms. The Morgan fingerprint density at radius 3 is 2.28 bits per heavy atom. The third-order valence-electron chi connectivity index (χ3n) is 4.46. The summed E-state index contributed by atoms with van der Waals surface area (Å²) in [5.41, 5.74) is 0.194. The summed E-state index contributed by atoms with van der Waals surface area (Å²) in [5.74, 6) is -0.642. The topological polar surface area (TPSA) is 49.8 Å². The number of aryl methyl sites for hydroxylation is 1. The summed E-state index contributed by atoms with van der Waals surface area (Å²) in [4.78, 5) is 15.0. The number of ether oxygens (including phenoxy) is 1. The molecule has 134 valence electrons. The number of carbonyl (C=O) groups is 1. The normalized spacial score (nSPS) is 13.5. The van der Waals surface area contributed by atoms with E-state index in [1.54, 1.807) is 30.3 Å². The Labute approximate surface area is 150 Å². The van der Waals surface area contributed by atoms with Crippen LogP contribution >= 0.6 is 0 Å². The number of hydrogen-bond acceptors (Lipinski definition) is 4. The van der Waals surface area contributed by atoms with Crippen molar-refractivity contribution in [1.29, 1.82) is 0 Å². The first-order chi connectivity index (χ1) is 12.0. The van der Waals surface area contributed by atoms with Gasteiger partial charge in [-0.05, 0) is 31.1 Å². The average Bonchev–Trinajstić information content (AvgIpc) is 2.65. The van der Waals surface area contributed by atoms with E-state index >= 15 is 0 Å². The summed E-state index contributed by atoms with van der Waals surface area (Å²) in [6.45, 7) is 8.76. The molecule has 0 aliphatic carbocycles. The Bertz CT molecular complexity index is 683. The predicted molar refractivity (Wildman–Crippen MR) is 99.4 cm³/mol. The molecule has 0 aromatic heterocycles. The molecule has 0 saturated heterocycles. The van der Waals surface area contributed by atoms with Gasteiger partial charge >= 0.3 is 5.97 Å². The van der Waals surface area contributed by atoms with Gasteiger partial charge in [-0.15, -0.1) is 0 Å². The van der Waals surface area contributed by atoms with E-state index in [1.165, 1.54) is 0 Å². The molecule has 0 aliphatic rings. The van der Waals surface area contributed by atoms with Gasteiger partial charge in [-0.3, -0.25) is 0 Å². The highest BCUT2D eigenvalue weighted by Crippen LogP contribution is 2.31. The summed E-state index contributed by atoms with van der Waals surface area (Å²) in [6, 6.07) is 16.3. The van der Waals surface area contributed by atoms with E-state index in [-0.39, 0.29) is 6.61 Å². The molecule has 0 unspecified atom stereocenters. The molecule has 0 spiro atoms. The van der Waals surface area contributed by atoms with Gasteiger partial charge in [0.1, 0.15) is 6.61 Å². The number of esters is 1. The Morgan fingerprint density at radius 1 is 1.04 bits per heavy atom. The van der Waals surface area contributed by atoms with Crippen molar-refractivity contribution in [2.75, 3.05) is 26.2 Å². The maximum Gasteiger partial charge on any atom is 0.347 e. The van der Waals surface area contributed by atoms with Crippen molar-refractivity contribution < 1.29 is 14.6 Å². The Balaban J connectivity index is 2.28. The Hall–Kier alpha value is -2.17.